The maximum absolute atomic E-state index is 12.2. The maximum atomic E-state index is 12.2. The van der Waals surface area contributed by atoms with Gasteiger partial charge in [0.1, 0.15) is 5.75 Å². The molecule has 8 heteroatoms. The zero-order valence-electron chi connectivity index (χ0n) is 16.4. The Hall–Kier alpha value is -3.10. The number of rotatable bonds is 5. The van der Waals surface area contributed by atoms with Crippen LogP contribution in [0.1, 0.15) is 11.1 Å². The zero-order valence-corrected chi connectivity index (χ0v) is 18.8. The largest absolute Gasteiger partial charge is 0.484 e. The SMILES string of the molecule is Cc1cc(Br)ccc1NC(=O)COc1ccc2cc(/C=C3/SC(=O)NC3=O)ccc2c1. The first kappa shape index (κ1) is 21.1. The normalized spacial score (nSPS) is 14.7. The summed E-state index contributed by atoms with van der Waals surface area (Å²) in [6.45, 7) is 1.82. The Bertz CT molecular complexity index is 1260. The quantitative estimate of drug-likeness (QED) is 0.471. The van der Waals surface area contributed by atoms with Crippen LogP contribution in [0.3, 0.4) is 0 Å². The van der Waals surface area contributed by atoms with E-state index < -0.39 is 0 Å². The summed E-state index contributed by atoms with van der Waals surface area (Å²) in [7, 11) is 0. The Labute approximate surface area is 191 Å². The van der Waals surface area contributed by atoms with E-state index in [-0.39, 0.29) is 23.7 Å². The van der Waals surface area contributed by atoms with Crippen molar-refractivity contribution in [2.75, 3.05) is 11.9 Å². The summed E-state index contributed by atoms with van der Waals surface area (Å²) in [5.41, 5.74) is 2.52. The van der Waals surface area contributed by atoms with Crippen molar-refractivity contribution in [3.05, 3.63) is 75.1 Å². The first-order valence-corrected chi connectivity index (χ1v) is 11.0. The van der Waals surface area contributed by atoms with Crippen LogP contribution in [0.2, 0.25) is 0 Å². The number of ether oxygens (including phenoxy) is 1. The number of fused-ring (bicyclic) bond motifs is 1. The summed E-state index contributed by atoms with van der Waals surface area (Å²) in [6, 6.07) is 16.8. The van der Waals surface area contributed by atoms with Gasteiger partial charge in [0.05, 0.1) is 4.91 Å². The highest BCUT2D eigenvalue weighted by atomic mass is 79.9. The third-order valence-corrected chi connectivity index (χ3v) is 5.91. The minimum absolute atomic E-state index is 0.106. The highest BCUT2D eigenvalue weighted by molar-refractivity contribution is 9.10. The van der Waals surface area contributed by atoms with Crippen LogP contribution in [0.4, 0.5) is 10.5 Å². The monoisotopic (exact) mass is 496 g/mol. The van der Waals surface area contributed by atoms with E-state index >= 15 is 0 Å². The van der Waals surface area contributed by atoms with Gasteiger partial charge in [-0.15, -0.1) is 0 Å². The molecule has 1 aliphatic heterocycles. The summed E-state index contributed by atoms with van der Waals surface area (Å²) in [4.78, 5) is 35.6. The van der Waals surface area contributed by atoms with Crippen molar-refractivity contribution >= 4 is 67.3 Å². The number of thioether (sulfide) groups is 1. The second-order valence-electron chi connectivity index (χ2n) is 6.92. The fourth-order valence-electron chi connectivity index (χ4n) is 3.10. The van der Waals surface area contributed by atoms with Crippen LogP contribution in [-0.2, 0) is 9.59 Å². The molecule has 0 radical (unpaired) electrons. The Morgan fingerprint density at radius 1 is 1.10 bits per heavy atom. The molecular formula is C23H17BrN2O4S. The van der Waals surface area contributed by atoms with Crippen molar-refractivity contribution in [1.82, 2.24) is 5.32 Å². The second-order valence-corrected chi connectivity index (χ2v) is 8.85. The average Bonchev–Trinajstić information content (AvgIpc) is 3.05. The lowest BCUT2D eigenvalue weighted by Gasteiger charge is -2.10. The van der Waals surface area contributed by atoms with Gasteiger partial charge in [0, 0.05) is 10.2 Å². The molecule has 6 nitrogen and oxygen atoms in total. The molecule has 0 bridgehead atoms. The van der Waals surface area contributed by atoms with Gasteiger partial charge in [-0.2, -0.15) is 0 Å². The van der Waals surface area contributed by atoms with E-state index in [2.05, 4.69) is 26.6 Å². The Kier molecular flexibility index (Phi) is 6.11. The molecule has 0 unspecified atom stereocenters. The number of benzene rings is 3. The maximum Gasteiger partial charge on any atom is 0.290 e. The molecule has 1 saturated heterocycles. The third kappa shape index (κ3) is 5.15. The molecule has 0 spiro atoms. The number of hydrogen-bond donors (Lipinski definition) is 2. The van der Waals surface area contributed by atoms with E-state index in [9.17, 15) is 14.4 Å². The molecule has 3 aromatic carbocycles. The smallest absolute Gasteiger partial charge is 0.290 e. The topological polar surface area (TPSA) is 84.5 Å². The van der Waals surface area contributed by atoms with Crippen LogP contribution >= 0.6 is 27.7 Å². The van der Waals surface area contributed by atoms with Crippen LogP contribution in [0.5, 0.6) is 5.75 Å². The average molecular weight is 497 g/mol. The van der Waals surface area contributed by atoms with Gasteiger partial charge >= 0.3 is 0 Å². The number of imide groups is 1. The highest BCUT2D eigenvalue weighted by Crippen LogP contribution is 2.28. The summed E-state index contributed by atoms with van der Waals surface area (Å²) in [5.74, 6) is -0.0394. The lowest BCUT2D eigenvalue weighted by Crippen LogP contribution is -2.20. The summed E-state index contributed by atoms with van der Waals surface area (Å²) in [6.07, 6.45) is 1.68. The lowest BCUT2D eigenvalue weighted by molar-refractivity contribution is -0.118. The molecule has 0 aromatic heterocycles. The van der Waals surface area contributed by atoms with Crippen molar-refractivity contribution in [1.29, 1.82) is 0 Å². The van der Waals surface area contributed by atoms with E-state index in [1.807, 2.05) is 55.5 Å². The first-order valence-electron chi connectivity index (χ1n) is 9.35. The van der Waals surface area contributed by atoms with E-state index in [1.54, 1.807) is 12.1 Å². The molecule has 4 rings (SSSR count). The molecule has 2 N–H and O–H groups in total. The number of carbonyl (C=O) groups is 3. The molecule has 1 aliphatic rings. The minimum atomic E-state index is -0.379. The number of hydrogen-bond acceptors (Lipinski definition) is 5. The predicted molar refractivity (Wildman–Crippen MR) is 126 cm³/mol. The van der Waals surface area contributed by atoms with Crippen LogP contribution in [-0.4, -0.2) is 23.7 Å². The van der Waals surface area contributed by atoms with Crippen LogP contribution in [0.25, 0.3) is 16.8 Å². The highest BCUT2D eigenvalue weighted by Gasteiger charge is 2.24. The summed E-state index contributed by atoms with van der Waals surface area (Å²) < 4.78 is 6.60. The Balaban J connectivity index is 1.42. The number of amides is 3. The minimum Gasteiger partial charge on any atom is -0.484 e. The van der Waals surface area contributed by atoms with Gasteiger partial charge in [0.2, 0.25) is 0 Å². The van der Waals surface area contributed by atoms with Crippen molar-refractivity contribution in [3.63, 3.8) is 0 Å². The number of anilines is 1. The third-order valence-electron chi connectivity index (χ3n) is 4.61. The molecule has 1 fully saturated rings. The van der Waals surface area contributed by atoms with Crippen molar-refractivity contribution in [3.8, 4) is 5.75 Å². The number of aryl methyl sites for hydroxylation is 1. The fourth-order valence-corrected chi connectivity index (χ4v) is 4.25. The predicted octanol–water partition coefficient (Wildman–Crippen LogP) is 5.25. The Morgan fingerprint density at radius 2 is 1.87 bits per heavy atom. The van der Waals surface area contributed by atoms with Crippen LogP contribution in [0, 0.1) is 6.92 Å². The van der Waals surface area contributed by atoms with E-state index in [0.717, 1.165) is 43.8 Å². The summed E-state index contributed by atoms with van der Waals surface area (Å²) >= 11 is 4.29. The Morgan fingerprint density at radius 3 is 2.61 bits per heavy atom. The molecule has 3 amide bonds. The second kappa shape index (κ2) is 8.95. The molecule has 3 aromatic rings. The van der Waals surface area contributed by atoms with Gasteiger partial charge in [-0.3, -0.25) is 19.7 Å². The van der Waals surface area contributed by atoms with E-state index in [1.165, 1.54) is 0 Å². The van der Waals surface area contributed by atoms with Gasteiger partial charge in [0.25, 0.3) is 17.1 Å². The van der Waals surface area contributed by atoms with Gasteiger partial charge in [-0.1, -0.05) is 34.1 Å². The molecule has 156 valence electrons. The van der Waals surface area contributed by atoms with E-state index in [4.69, 9.17) is 4.74 Å². The van der Waals surface area contributed by atoms with Gasteiger partial charge in [-0.05, 0) is 83.1 Å². The van der Waals surface area contributed by atoms with Crippen LogP contribution in [0.15, 0.2) is 64.0 Å². The van der Waals surface area contributed by atoms with Crippen molar-refractivity contribution < 1.29 is 19.1 Å². The van der Waals surface area contributed by atoms with E-state index in [0.29, 0.717) is 10.7 Å². The summed E-state index contributed by atoms with van der Waals surface area (Å²) in [5, 5.41) is 6.61. The number of halogens is 1. The standard InChI is InChI=1S/C23H17BrN2O4S/c1-13-8-17(24)5-7-19(13)25-21(27)12-30-18-6-4-15-9-14(2-3-16(15)11-18)10-20-22(28)26-23(29)31-20/h2-11H,12H2,1H3,(H,25,27)(H,26,28,29)/b20-10+. The lowest BCUT2D eigenvalue weighted by atomic mass is 10.1. The molecule has 1 heterocycles. The molecule has 0 saturated carbocycles. The number of carbonyl (C=O) groups excluding carboxylic acids is 3. The molecule has 0 aliphatic carbocycles. The number of nitrogens with one attached hydrogen (secondary N) is 2. The fraction of sp³-hybridized carbons (Fsp3) is 0.0870. The van der Waals surface area contributed by atoms with Crippen molar-refractivity contribution in [2.24, 2.45) is 0 Å². The van der Waals surface area contributed by atoms with Gasteiger partial charge in [0.15, 0.2) is 6.61 Å². The molecule has 0 atom stereocenters. The van der Waals surface area contributed by atoms with Crippen LogP contribution < -0.4 is 15.4 Å². The molecule has 31 heavy (non-hydrogen) atoms. The first-order chi connectivity index (χ1) is 14.9. The molecular weight excluding hydrogens is 480 g/mol. The van der Waals surface area contributed by atoms with Gasteiger partial charge in [-0.25, -0.2) is 0 Å². The van der Waals surface area contributed by atoms with Crippen molar-refractivity contribution in [2.45, 2.75) is 6.92 Å². The zero-order chi connectivity index (χ0) is 22.0. The van der Waals surface area contributed by atoms with Gasteiger partial charge < -0.3 is 10.1 Å².